The van der Waals surface area contributed by atoms with E-state index in [0.29, 0.717) is 0 Å². The van der Waals surface area contributed by atoms with Gasteiger partial charge in [-0.15, -0.1) is 5.57 Å². The summed E-state index contributed by atoms with van der Waals surface area (Å²) in [7, 11) is 0. The molecule has 12 heavy (non-hydrogen) atoms. The maximum atomic E-state index is 12.4. The van der Waals surface area contributed by atoms with Crippen molar-refractivity contribution in [2.45, 2.75) is 13.8 Å². The zero-order chi connectivity index (χ0) is 8.27. The van der Waals surface area contributed by atoms with E-state index in [9.17, 15) is 4.39 Å². The van der Waals surface area contributed by atoms with Crippen molar-refractivity contribution in [1.29, 1.82) is 0 Å². The van der Waals surface area contributed by atoms with Gasteiger partial charge in [-0.2, -0.15) is 23.8 Å². The standard InChI is InChI=1S/C10H10F.Li/c1-8(2)7-9-3-5-10(11)6-4-9;/h3-6H,1-2H3;/q-1;+1. The van der Waals surface area contributed by atoms with Crippen LogP contribution in [0.4, 0.5) is 4.39 Å². The van der Waals surface area contributed by atoms with Gasteiger partial charge in [0, 0.05) is 0 Å². The maximum absolute atomic E-state index is 12.4. The number of hydrogen-bond donors (Lipinski definition) is 0. The second-order valence-corrected chi connectivity index (χ2v) is 2.63. The topological polar surface area (TPSA) is 0 Å². The van der Waals surface area contributed by atoms with E-state index in [1.54, 1.807) is 12.1 Å². The molecule has 1 rings (SSSR count). The predicted molar refractivity (Wildman–Crippen MR) is 43.6 cm³/mol. The quantitative estimate of drug-likeness (QED) is 0.395. The first-order valence-corrected chi connectivity index (χ1v) is 3.51. The van der Waals surface area contributed by atoms with Gasteiger partial charge < -0.3 is 0 Å². The minimum atomic E-state index is -0.204. The average molecular weight is 156 g/mol. The van der Waals surface area contributed by atoms with Crippen LogP contribution in [-0.4, -0.2) is 0 Å². The van der Waals surface area contributed by atoms with Crippen molar-refractivity contribution in [1.82, 2.24) is 0 Å². The minimum absolute atomic E-state index is 0. The third kappa shape index (κ3) is 3.76. The van der Waals surface area contributed by atoms with Gasteiger partial charge in [0.2, 0.25) is 0 Å². The normalized spacial score (nSPS) is 8.58. The molecule has 0 atom stereocenters. The molecule has 0 amide bonds. The van der Waals surface area contributed by atoms with Crippen LogP contribution in [0.2, 0.25) is 0 Å². The van der Waals surface area contributed by atoms with Crippen molar-refractivity contribution in [2.24, 2.45) is 0 Å². The van der Waals surface area contributed by atoms with E-state index in [1.165, 1.54) is 12.1 Å². The van der Waals surface area contributed by atoms with Crippen molar-refractivity contribution in [2.75, 3.05) is 0 Å². The van der Waals surface area contributed by atoms with Crippen LogP contribution >= 0.6 is 0 Å². The van der Waals surface area contributed by atoms with Crippen molar-refractivity contribution in [3.63, 3.8) is 0 Å². The largest absolute Gasteiger partial charge is 1.00 e. The molecule has 0 bridgehead atoms. The van der Waals surface area contributed by atoms with Gasteiger partial charge in [-0.25, -0.2) is 4.39 Å². The zero-order valence-electron chi connectivity index (χ0n) is 7.69. The first-order valence-electron chi connectivity index (χ1n) is 3.51. The monoisotopic (exact) mass is 156 g/mol. The molecule has 0 radical (unpaired) electrons. The van der Waals surface area contributed by atoms with Crippen LogP contribution in [-0.2, 0) is 0 Å². The zero-order valence-corrected chi connectivity index (χ0v) is 7.69. The van der Waals surface area contributed by atoms with Gasteiger partial charge in [-0.1, -0.05) is 26.0 Å². The summed E-state index contributed by atoms with van der Waals surface area (Å²) in [6.45, 7) is 3.92. The second-order valence-electron chi connectivity index (χ2n) is 2.63. The Kier molecular flexibility index (Phi) is 4.97. The minimum Gasteiger partial charge on any atom is -0.209 e. The average Bonchev–Trinajstić information content (AvgIpc) is 1.93. The van der Waals surface area contributed by atoms with E-state index in [4.69, 9.17) is 0 Å². The van der Waals surface area contributed by atoms with E-state index in [0.717, 1.165) is 11.1 Å². The Morgan fingerprint density at radius 1 is 1.17 bits per heavy atom. The van der Waals surface area contributed by atoms with Crippen molar-refractivity contribution < 1.29 is 23.3 Å². The van der Waals surface area contributed by atoms with Crippen LogP contribution in [0.25, 0.3) is 0 Å². The molecule has 0 aromatic heterocycles. The number of allylic oxidation sites excluding steroid dienone is 1. The Morgan fingerprint density at radius 3 is 2.08 bits per heavy atom. The van der Waals surface area contributed by atoms with Gasteiger partial charge in [0.05, 0.1) is 5.82 Å². The van der Waals surface area contributed by atoms with Crippen LogP contribution in [0, 0.1) is 11.9 Å². The van der Waals surface area contributed by atoms with E-state index in [-0.39, 0.29) is 24.7 Å². The Bertz CT molecular complexity index is 258. The summed E-state index contributed by atoms with van der Waals surface area (Å²) in [5, 5.41) is 0. The summed E-state index contributed by atoms with van der Waals surface area (Å²) in [5.41, 5.74) is 2.02. The molecule has 0 nitrogen and oxygen atoms in total. The summed E-state index contributed by atoms with van der Waals surface area (Å²) < 4.78 is 12.4. The molecule has 0 heterocycles. The van der Waals surface area contributed by atoms with Gasteiger partial charge >= 0.3 is 18.9 Å². The molecular weight excluding hydrogens is 146 g/mol. The first kappa shape index (κ1) is 11.5. The van der Waals surface area contributed by atoms with Gasteiger partial charge in [0.15, 0.2) is 0 Å². The molecule has 58 valence electrons. The Morgan fingerprint density at radius 2 is 1.67 bits per heavy atom. The van der Waals surface area contributed by atoms with Crippen molar-refractivity contribution in [3.8, 4) is 0 Å². The van der Waals surface area contributed by atoms with E-state index >= 15 is 0 Å². The fourth-order valence-corrected chi connectivity index (χ4v) is 0.822. The third-order valence-electron chi connectivity index (χ3n) is 1.24. The molecule has 0 spiro atoms. The third-order valence-corrected chi connectivity index (χ3v) is 1.24. The Balaban J connectivity index is 0.00000121. The Labute approximate surface area is 84.7 Å². The predicted octanol–water partition coefficient (Wildman–Crippen LogP) is -0.0528. The number of halogens is 1. The molecule has 2 heteroatoms. The molecule has 0 N–H and O–H groups in total. The van der Waals surface area contributed by atoms with Crippen LogP contribution in [0.15, 0.2) is 29.8 Å². The molecule has 0 aliphatic heterocycles. The van der Waals surface area contributed by atoms with E-state index in [2.05, 4.69) is 6.08 Å². The SMILES string of the molecule is CC(C)=[C-]c1ccc(F)cc1.[Li+]. The molecule has 0 aliphatic rings. The van der Waals surface area contributed by atoms with Crippen LogP contribution in [0.5, 0.6) is 0 Å². The van der Waals surface area contributed by atoms with Crippen LogP contribution in [0.1, 0.15) is 19.4 Å². The fraction of sp³-hybridized carbons (Fsp3) is 0.200. The first-order chi connectivity index (χ1) is 5.18. The molecule has 0 fully saturated rings. The summed E-state index contributed by atoms with van der Waals surface area (Å²) in [5.74, 6) is -0.204. The molecule has 0 saturated carbocycles. The maximum Gasteiger partial charge on any atom is 1.00 e. The van der Waals surface area contributed by atoms with E-state index < -0.39 is 0 Å². The number of rotatable bonds is 1. The summed E-state index contributed by atoms with van der Waals surface area (Å²) >= 11 is 0. The molecule has 0 saturated heterocycles. The Hall–Kier alpha value is -0.513. The second kappa shape index (κ2) is 5.19. The van der Waals surface area contributed by atoms with Crippen LogP contribution in [0.3, 0.4) is 0 Å². The summed E-state index contributed by atoms with van der Waals surface area (Å²) in [6, 6.07) is 6.29. The van der Waals surface area contributed by atoms with Gasteiger partial charge in [0.1, 0.15) is 0 Å². The number of benzene rings is 1. The fourth-order valence-electron chi connectivity index (χ4n) is 0.822. The van der Waals surface area contributed by atoms with Crippen molar-refractivity contribution >= 4 is 0 Å². The van der Waals surface area contributed by atoms with E-state index in [1.807, 2.05) is 13.8 Å². The van der Waals surface area contributed by atoms with Gasteiger partial charge in [-0.05, 0) is 0 Å². The molecule has 0 aliphatic carbocycles. The molecule has 0 unspecified atom stereocenters. The molecular formula is C10H10FLi. The summed E-state index contributed by atoms with van der Waals surface area (Å²) in [6.07, 6.45) is 3.08. The molecule has 1 aromatic rings. The van der Waals surface area contributed by atoms with Crippen molar-refractivity contribution in [3.05, 3.63) is 47.3 Å². The summed E-state index contributed by atoms with van der Waals surface area (Å²) in [4.78, 5) is 0. The van der Waals surface area contributed by atoms with Gasteiger partial charge in [-0.3, -0.25) is 0 Å². The van der Waals surface area contributed by atoms with Gasteiger partial charge in [0.25, 0.3) is 0 Å². The van der Waals surface area contributed by atoms with Crippen LogP contribution < -0.4 is 18.9 Å². The molecule has 1 aromatic carbocycles. The number of hydrogen-bond acceptors (Lipinski definition) is 0. The smallest absolute Gasteiger partial charge is 0.209 e.